The van der Waals surface area contributed by atoms with Crippen molar-refractivity contribution in [3.63, 3.8) is 0 Å². The van der Waals surface area contributed by atoms with Crippen molar-refractivity contribution in [2.45, 2.75) is 19.8 Å². The van der Waals surface area contributed by atoms with Gasteiger partial charge in [0.1, 0.15) is 0 Å². The van der Waals surface area contributed by atoms with Crippen LogP contribution in [0.25, 0.3) is 17.1 Å². The summed E-state index contributed by atoms with van der Waals surface area (Å²) in [5.74, 6) is 0.0967. The minimum absolute atomic E-state index is 0.176. The van der Waals surface area contributed by atoms with E-state index in [-0.39, 0.29) is 17.6 Å². The molecule has 6 heteroatoms. The fourth-order valence-electron chi connectivity index (χ4n) is 3.45. The highest BCUT2D eigenvalue weighted by Gasteiger charge is 2.13. The van der Waals surface area contributed by atoms with Crippen LogP contribution in [0, 0.1) is 0 Å². The largest absolute Gasteiger partial charge is 0.335 e. The molecule has 0 aliphatic heterocycles. The van der Waals surface area contributed by atoms with Crippen molar-refractivity contribution in [2.24, 2.45) is 0 Å². The van der Waals surface area contributed by atoms with Crippen LogP contribution in [-0.4, -0.2) is 21.7 Å². The molecule has 0 saturated carbocycles. The van der Waals surface area contributed by atoms with E-state index in [9.17, 15) is 9.59 Å². The third-order valence-electron chi connectivity index (χ3n) is 5.09. The Balaban J connectivity index is 1.56. The molecule has 1 aromatic heterocycles. The molecule has 0 unspecified atom stereocenters. The lowest BCUT2D eigenvalue weighted by molar-refractivity contribution is 0.102. The number of allylic oxidation sites excluding steroid dienone is 1. The molecule has 160 valence electrons. The summed E-state index contributed by atoms with van der Waals surface area (Å²) in [6, 6.07) is 20.5. The van der Waals surface area contributed by atoms with Crippen LogP contribution < -0.4 is 5.32 Å². The Kier molecular flexibility index (Phi) is 6.32. The molecule has 0 radical (unpaired) electrons. The van der Waals surface area contributed by atoms with Gasteiger partial charge < -0.3 is 10.3 Å². The predicted molar refractivity (Wildman–Crippen MR) is 132 cm³/mol. The molecule has 0 aliphatic carbocycles. The number of para-hydroxylation sites is 2. The number of amides is 1. The van der Waals surface area contributed by atoms with Crippen LogP contribution in [0.5, 0.6) is 0 Å². The molecule has 0 spiro atoms. The zero-order valence-corrected chi connectivity index (χ0v) is 19.3. The maximum Gasteiger partial charge on any atom is 0.255 e. The average Bonchev–Trinajstić information content (AvgIpc) is 3.22. The number of aromatic nitrogens is 2. The molecule has 0 atom stereocenters. The first-order chi connectivity index (χ1) is 15.4. The van der Waals surface area contributed by atoms with Gasteiger partial charge in [-0.2, -0.15) is 0 Å². The summed E-state index contributed by atoms with van der Waals surface area (Å²) >= 11 is 3.41. The van der Waals surface area contributed by atoms with E-state index in [4.69, 9.17) is 0 Å². The summed E-state index contributed by atoms with van der Waals surface area (Å²) in [7, 11) is 0. The zero-order valence-electron chi connectivity index (χ0n) is 17.7. The Morgan fingerprint density at radius 3 is 2.59 bits per heavy atom. The maximum absolute atomic E-state index is 12.7. The summed E-state index contributed by atoms with van der Waals surface area (Å²) < 4.78 is 0.896. The van der Waals surface area contributed by atoms with E-state index < -0.39 is 0 Å². The van der Waals surface area contributed by atoms with Crippen LogP contribution >= 0.6 is 15.9 Å². The van der Waals surface area contributed by atoms with E-state index in [1.54, 1.807) is 12.1 Å². The number of ketones is 1. The van der Waals surface area contributed by atoms with Crippen molar-refractivity contribution in [1.29, 1.82) is 0 Å². The van der Waals surface area contributed by atoms with Crippen molar-refractivity contribution in [1.82, 2.24) is 9.97 Å². The van der Waals surface area contributed by atoms with Gasteiger partial charge in [0.2, 0.25) is 5.78 Å². The lowest BCUT2D eigenvalue weighted by Crippen LogP contribution is -2.12. The second-order valence-electron chi connectivity index (χ2n) is 7.76. The number of carbonyl (C=O) groups excluding carboxylic acids is 2. The Labute approximate surface area is 194 Å². The van der Waals surface area contributed by atoms with Gasteiger partial charge in [0, 0.05) is 15.7 Å². The van der Waals surface area contributed by atoms with E-state index in [1.165, 1.54) is 6.08 Å². The predicted octanol–water partition coefficient (Wildman–Crippen LogP) is 6.60. The zero-order chi connectivity index (χ0) is 22.7. The van der Waals surface area contributed by atoms with Crippen LogP contribution in [0.3, 0.4) is 0 Å². The molecule has 1 heterocycles. The molecule has 4 aromatic rings. The Morgan fingerprint density at radius 1 is 1.03 bits per heavy atom. The summed E-state index contributed by atoms with van der Waals surface area (Å²) in [5.41, 5.74) is 4.75. The number of rotatable bonds is 6. The number of hydrogen-bond donors (Lipinski definition) is 2. The standard InChI is InChI=1S/C26H22BrN3O2/c1-16(2)21-14-18(26(32)28-20-7-5-6-19(27)15-20)11-10-17(21)12-13-24(31)25-29-22-8-3-4-9-23(22)30-25/h3-16H,1-2H3,(H,28,32)(H,29,30). The van der Waals surface area contributed by atoms with Gasteiger partial charge in [-0.1, -0.05) is 60.1 Å². The summed E-state index contributed by atoms with van der Waals surface area (Å²) in [4.78, 5) is 32.8. The van der Waals surface area contributed by atoms with Gasteiger partial charge in [0.25, 0.3) is 5.91 Å². The van der Waals surface area contributed by atoms with E-state index >= 15 is 0 Å². The average molecular weight is 488 g/mol. The fourth-order valence-corrected chi connectivity index (χ4v) is 3.85. The molecular formula is C26H22BrN3O2. The van der Waals surface area contributed by atoms with Crippen LogP contribution in [-0.2, 0) is 0 Å². The van der Waals surface area contributed by atoms with Gasteiger partial charge in [0.15, 0.2) is 5.82 Å². The number of nitrogens with one attached hydrogen (secondary N) is 2. The molecular weight excluding hydrogens is 466 g/mol. The number of imidazole rings is 1. The molecule has 3 aromatic carbocycles. The van der Waals surface area contributed by atoms with Gasteiger partial charge in [-0.3, -0.25) is 9.59 Å². The lowest BCUT2D eigenvalue weighted by atomic mass is 9.94. The lowest BCUT2D eigenvalue weighted by Gasteiger charge is -2.13. The fraction of sp³-hybridized carbons (Fsp3) is 0.115. The summed E-state index contributed by atoms with van der Waals surface area (Å²) in [6.07, 6.45) is 3.29. The van der Waals surface area contributed by atoms with Crippen LogP contribution in [0.2, 0.25) is 0 Å². The second kappa shape index (κ2) is 9.32. The number of anilines is 1. The number of fused-ring (bicyclic) bond motifs is 1. The van der Waals surface area contributed by atoms with Crippen LogP contribution in [0.15, 0.2) is 77.3 Å². The Hall–Kier alpha value is -3.51. The molecule has 5 nitrogen and oxygen atoms in total. The first-order valence-corrected chi connectivity index (χ1v) is 11.1. The SMILES string of the molecule is CC(C)c1cc(C(=O)Nc2cccc(Br)c2)ccc1C=CC(=O)c1nc2ccccc2[nH]1. The molecule has 0 saturated heterocycles. The van der Waals surface area contributed by atoms with Gasteiger partial charge in [0.05, 0.1) is 11.0 Å². The van der Waals surface area contributed by atoms with Crippen molar-refractivity contribution >= 4 is 50.4 Å². The smallest absolute Gasteiger partial charge is 0.255 e. The third kappa shape index (κ3) is 4.86. The highest BCUT2D eigenvalue weighted by atomic mass is 79.9. The highest BCUT2D eigenvalue weighted by Crippen LogP contribution is 2.24. The summed E-state index contributed by atoms with van der Waals surface area (Å²) in [6.45, 7) is 4.12. The molecule has 2 N–H and O–H groups in total. The first kappa shape index (κ1) is 21.7. The van der Waals surface area contributed by atoms with Crippen molar-refractivity contribution in [3.05, 3.63) is 99.8 Å². The van der Waals surface area contributed by atoms with E-state index in [1.807, 2.05) is 60.7 Å². The molecule has 0 aliphatic rings. The molecule has 0 bridgehead atoms. The number of halogens is 1. The van der Waals surface area contributed by atoms with Crippen molar-refractivity contribution < 1.29 is 9.59 Å². The minimum atomic E-state index is -0.201. The van der Waals surface area contributed by atoms with Gasteiger partial charge in [-0.25, -0.2) is 4.98 Å². The highest BCUT2D eigenvalue weighted by molar-refractivity contribution is 9.10. The van der Waals surface area contributed by atoms with E-state index in [2.05, 4.69) is 45.1 Å². The monoisotopic (exact) mass is 487 g/mol. The van der Waals surface area contributed by atoms with Gasteiger partial charge >= 0.3 is 0 Å². The number of aromatic amines is 1. The maximum atomic E-state index is 12.7. The molecule has 0 fully saturated rings. The second-order valence-corrected chi connectivity index (χ2v) is 8.68. The number of nitrogens with zero attached hydrogens (tertiary/aromatic N) is 1. The molecule has 32 heavy (non-hydrogen) atoms. The Morgan fingerprint density at radius 2 is 1.84 bits per heavy atom. The summed E-state index contributed by atoms with van der Waals surface area (Å²) in [5, 5.41) is 2.92. The molecule has 4 rings (SSSR count). The number of hydrogen-bond acceptors (Lipinski definition) is 3. The van der Waals surface area contributed by atoms with Gasteiger partial charge in [-0.15, -0.1) is 0 Å². The Bertz CT molecular complexity index is 1300. The number of H-pyrrole nitrogens is 1. The van der Waals surface area contributed by atoms with Gasteiger partial charge in [-0.05, 0) is 65.6 Å². The topological polar surface area (TPSA) is 74.8 Å². The minimum Gasteiger partial charge on any atom is -0.335 e. The van der Waals surface area contributed by atoms with Crippen LogP contribution in [0.4, 0.5) is 5.69 Å². The number of carbonyl (C=O) groups is 2. The normalized spacial score (nSPS) is 11.4. The third-order valence-corrected chi connectivity index (χ3v) is 5.58. The molecule has 1 amide bonds. The van der Waals surface area contributed by atoms with E-state index in [0.717, 1.165) is 32.3 Å². The first-order valence-electron chi connectivity index (χ1n) is 10.3. The van der Waals surface area contributed by atoms with Crippen molar-refractivity contribution in [3.8, 4) is 0 Å². The quantitative estimate of drug-likeness (QED) is 0.237. The van der Waals surface area contributed by atoms with Crippen molar-refractivity contribution in [2.75, 3.05) is 5.32 Å². The van der Waals surface area contributed by atoms with Crippen LogP contribution in [0.1, 0.15) is 51.9 Å². The number of benzene rings is 3. The van der Waals surface area contributed by atoms with E-state index in [0.29, 0.717) is 11.4 Å².